The molecule has 3 atom stereocenters. The number of carbonyl (C=O) groups excluding carboxylic acids is 3. The Kier molecular flexibility index (Phi) is 3.84. The third-order valence-corrected chi connectivity index (χ3v) is 5.79. The SMILES string of the molecule is CC(=O)/C=C1/C(=O)N2[C@@H]1S(=O)C(C)(C)[C@@H]2C(=O)OC(C)(C)C. The normalized spacial score (nSPS) is 31.7. The third kappa shape index (κ3) is 2.51. The number of allylic oxidation sites excluding steroid dienone is 1. The first kappa shape index (κ1) is 16.9. The van der Waals surface area contributed by atoms with Gasteiger partial charge in [0.1, 0.15) is 17.0 Å². The first-order chi connectivity index (χ1) is 9.88. The summed E-state index contributed by atoms with van der Waals surface area (Å²) in [5, 5.41) is -0.705. The van der Waals surface area contributed by atoms with Crippen LogP contribution >= 0.6 is 0 Å². The highest BCUT2D eigenvalue weighted by atomic mass is 32.2. The molecular weight excluding hydrogens is 306 g/mol. The number of esters is 1. The standard InChI is InChI=1S/C15H21NO5S/c1-8(17)7-9-11(18)16-10(13(19)21-14(2,3)4)15(5,6)22(20)12(9)16/h7,10,12H,1-6H3/b9-7-/t10-,12+,22?/m0/s1. The van der Waals surface area contributed by atoms with Crippen LogP contribution < -0.4 is 0 Å². The smallest absolute Gasteiger partial charge is 0.330 e. The highest BCUT2D eigenvalue weighted by Crippen LogP contribution is 2.46. The Balaban J connectivity index is 2.38. The lowest BCUT2D eigenvalue weighted by Gasteiger charge is -2.39. The molecule has 0 spiro atoms. The van der Waals surface area contributed by atoms with E-state index in [1.54, 1.807) is 34.6 Å². The number of amides is 1. The van der Waals surface area contributed by atoms with Gasteiger partial charge in [-0.25, -0.2) is 4.79 Å². The minimum atomic E-state index is -1.48. The number of ether oxygens (including phenoxy) is 1. The van der Waals surface area contributed by atoms with Gasteiger partial charge in [0.25, 0.3) is 5.91 Å². The highest BCUT2D eigenvalue weighted by Gasteiger charge is 2.66. The fourth-order valence-electron chi connectivity index (χ4n) is 2.76. The van der Waals surface area contributed by atoms with Gasteiger partial charge < -0.3 is 9.64 Å². The van der Waals surface area contributed by atoms with Gasteiger partial charge in [-0.05, 0) is 47.6 Å². The quantitative estimate of drug-likeness (QED) is 0.428. The molecule has 2 fully saturated rings. The summed E-state index contributed by atoms with van der Waals surface area (Å²) in [6, 6.07) is -0.908. The van der Waals surface area contributed by atoms with Crippen LogP contribution in [0.3, 0.4) is 0 Å². The average Bonchev–Trinajstić information content (AvgIpc) is 2.50. The Morgan fingerprint density at radius 1 is 1.32 bits per heavy atom. The Labute approximate surface area is 132 Å². The van der Waals surface area contributed by atoms with Crippen LogP contribution in [0.15, 0.2) is 11.6 Å². The number of ketones is 1. The Hall–Kier alpha value is -1.50. The second-order valence-electron chi connectivity index (χ2n) is 7.11. The number of nitrogens with zero attached hydrogens (tertiary/aromatic N) is 1. The van der Waals surface area contributed by atoms with Gasteiger partial charge in [0.2, 0.25) is 0 Å². The molecular formula is C15H21NO5S. The van der Waals surface area contributed by atoms with E-state index in [0.717, 1.165) is 0 Å². The lowest BCUT2D eigenvalue weighted by molar-refractivity contribution is -0.166. The molecule has 0 saturated carbocycles. The summed E-state index contributed by atoms with van der Waals surface area (Å²) in [6.45, 7) is 9.89. The van der Waals surface area contributed by atoms with Crippen LogP contribution in [0.2, 0.25) is 0 Å². The maximum atomic E-state index is 12.7. The number of carbonyl (C=O) groups is 3. The minimum Gasteiger partial charge on any atom is -0.458 e. The van der Waals surface area contributed by atoms with Crippen LogP contribution in [0.25, 0.3) is 0 Å². The summed E-state index contributed by atoms with van der Waals surface area (Å²) in [6.07, 6.45) is 1.20. The Morgan fingerprint density at radius 3 is 2.32 bits per heavy atom. The zero-order valence-electron chi connectivity index (χ0n) is 13.6. The van der Waals surface area contributed by atoms with E-state index in [9.17, 15) is 18.6 Å². The summed E-state index contributed by atoms with van der Waals surface area (Å²) in [7, 11) is -1.48. The molecule has 2 aliphatic heterocycles. The zero-order valence-corrected chi connectivity index (χ0v) is 14.4. The molecule has 0 bridgehead atoms. The van der Waals surface area contributed by atoms with E-state index in [1.165, 1.54) is 17.9 Å². The molecule has 1 unspecified atom stereocenters. The van der Waals surface area contributed by atoms with Crippen LogP contribution in [-0.2, 0) is 29.9 Å². The maximum absolute atomic E-state index is 12.7. The van der Waals surface area contributed by atoms with Crippen molar-refractivity contribution < 1.29 is 23.3 Å². The van der Waals surface area contributed by atoms with Crippen molar-refractivity contribution >= 4 is 28.5 Å². The molecule has 1 amide bonds. The molecule has 0 N–H and O–H groups in total. The van der Waals surface area contributed by atoms with Crippen molar-refractivity contribution in [1.82, 2.24) is 4.90 Å². The third-order valence-electron chi connectivity index (χ3n) is 3.65. The van der Waals surface area contributed by atoms with Crippen LogP contribution in [0.4, 0.5) is 0 Å². The number of hydrogen-bond acceptors (Lipinski definition) is 5. The molecule has 22 heavy (non-hydrogen) atoms. The minimum absolute atomic E-state index is 0.213. The Morgan fingerprint density at radius 2 is 1.86 bits per heavy atom. The molecule has 2 saturated heterocycles. The lowest BCUT2D eigenvalue weighted by atomic mass is 9.95. The Bertz CT molecular complexity index is 614. The largest absolute Gasteiger partial charge is 0.458 e. The van der Waals surface area contributed by atoms with Crippen LogP contribution in [0.1, 0.15) is 41.5 Å². The molecule has 0 aromatic heterocycles. The molecule has 7 heteroatoms. The van der Waals surface area contributed by atoms with Gasteiger partial charge in [0.15, 0.2) is 5.78 Å². The molecule has 6 nitrogen and oxygen atoms in total. The molecule has 122 valence electrons. The molecule has 0 aromatic carbocycles. The highest BCUT2D eigenvalue weighted by molar-refractivity contribution is 7.87. The summed E-state index contributed by atoms with van der Waals surface area (Å²) in [5.74, 6) is -1.27. The van der Waals surface area contributed by atoms with Crippen molar-refractivity contribution in [2.24, 2.45) is 0 Å². The zero-order chi connectivity index (χ0) is 17.0. The van der Waals surface area contributed by atoms with E-state index in [2.05, 4.69) is 0 Å². The van der Waals surface area contributed by atoms with Gasteiger partial charge in [-0.3, -0.25) is 13.8 Å². The fraction of sp³-hybridized carbons (Fsp3) is 0.667. The van der Waals surface area contributed by atoms with Crippen molar-refractivity contribution in [3.63, 3.8) is 0 Å². The van der Waals surface area contributed by atoms with E-state index in [4.69, 9.17) is 4.74 Å². The number of hydrogen-bond donors (Lipinski definition) is 0. The van der Waals surface area contributed by atoms with Gasteiger partial charge >= 0.3 is 5.97 Å². The summed E-state index contributed by atoms with van der Waals surface area (Å²) in [4.78, 5) is 37.2. The molecule has 0 aromatic rings. The van der Waals surface area contributed by atoms with Crippen LogP contribution in [0, 0.1) is 0 Å². The second-order valence-corrected chi connectivity index (χ2v) is 9.21. The first-order valence-corrected chi connectivity index (χ1v) is 8.27. The van der Waals surface area contributed by atoms with Crippen molar-refractivity contribution in [3.8, 4) is 0 Å². The first-order valence-electron chi connectivity index (χ1n) is 7.06. The van der Waals surface area contributed by atoms with Crippen LogP contribution in [0.5, 0.6) is 0 Å². The predicted octanol–water partition coefficient (Wildman–Crippen LogP) is 0.921. The molecule has 0 radical (unpaired) electrons. The summed E-state index contributed by atoms with van der Waals surface area (Å²) in [5.41, 5.74) is -0.483. The van der Waals surface area contributed by atoms with Gasteiger partial charge in [-0.2, -0.15) is 0 Å². The van der Waals surface area contributed by atoms with E-state index >= 15 is 0 Å². The van der Waals surface area contributed by atoms with Crippen molar-refractivity contribution in [3.05, 3.63) is 11.6 Å². The lowest BCUT2D eigenvalue weighted by Crippen LogP contribution is -2.59. The molecule has 2 rings (SSSR count). The topological polar surface area (TPSA) is 80.8 Å². The monoisotopic (exact) mass is 327 g/mol. The number of β-lactam (4-membered cyclic amide) rings is 1. The van der Waals surface area contributed by atoms with Gasteiger partial charge in [0.05, 0.1) is 21.1 Å². The van der Waals surface area contributed by atoms with Gasteiger partial charge in [-0.1, -0.05) is 0 Å². The summed E-state index contributed by atoms with van der Waals surface area (Å²) >= 11 is 0. The van der Waals surface area contributed by atoms with Gasteiger partial charge in [-0.15, -0.1) is 0 Å². The van der Waals surface area contributed by atoms with Gasteiger partial charge in [0, 0.05) is 0 Å². The molecule has 0 aliphatic carbocycles. The van der Waals surface area contributed by atoms with Crippen molar-refractivity contribution in [2.45, 2.75) is 63.3 Å². The maximum Gasteiger partial charge on any atom is 0.330 e. The van der Waals surface area contributed by atoms with Crippen molar-refractivity contribution in [1.29, 1.82) is 0 Å². The van der Waals surface area contributed by atoms with E-state index < -0.39 is 44.4 Å². The molecule has 2 aliphatic rings. The van der Waals surface area contributed by atoms with E-state index in [1.807, 2.05) is 0 Å². The predicted molar refractivity (Wildman–Crippen MR) is 81.3 cm³/mol. The molecule has 2 heterocycles. The van der Waals surface area contributed by atoms with E-state index in [-0.39, 0.29) is 11.4 Å². The van der Waals surface area contributed by atoms with E-state index in [0.29, 0.717) is 0 Å². The summed E-state index contributed by atoms with van der Waals surface area (Å²) < 4.78 is 17.1. The number of rotatable bonds is 2. The van der Waals surface area contributed by atoms with Crippen LogP contribution in [-0.4, -0.2) is 48.5 Å². The van der Waals surface area contributed by atoms with Crippen molar-refractivity contribution in [2.75, 3.05) is 0 Å². The second kappa shape index (κ2) is 5.01. The fourth-order valence-corrected chi connectivity index (χ4v) is 4.58. The number of fused-ring (bicyclic) bond motifs is 1. The average molecular weight is 327 g/mol.